The molecule has 0 spiro atoms. The first-order valence-corrected chi connectivity index (χ1v) is 6.43. The van der Waals surface area contributed by atoms with Gasteiger partial charge in [-0.2, -0.15) is 0 Å². The lowest BCUT2D eigenvalue weighted by Crippen LogP contribution is -2.23. The summed E-state index contributed by atoms with van der Waals surface area (Å²) in [6.45, 7) is 1.97. The number of hydrogen-bond donors (Lipinski definition) is 0. The Hall–Kier alpha value is -1.32. The van der Waals surface area contributed by atoms with Crippen molar-refractivity contribution in [1.29, 1.82) is 0 Å². The van der Waals surface area contributed by atoms with Gasteiger partial charge >= 0.3 is 0 Å². The molecule has 1 aromatic carbocycles. The molecule has 0 aliphatic rings. The molecule has 0 aliphatic carbocycles. The third kappa shape index (κ3) is 2.57. The second kappa shape index (κ2) is 5.55. The third-order valence-corrected chi connectivity index (χ3v) is 3.15. The highest BCUT2D eigenvalue weighted by atomic mass is 35.5. The SMILES string of the molecule is Cc1cccc(-n2cnc(Cl)c(CCCl)c2=O)c1. The van der Waals surface area contributed by atoms with Crippen molar-refractivity contribution >= 4 is 23.2 Å². The van der Waals surface area contributed by atoms with Crippen LogP contribution in [0.4, 0.5) is 0 Å². The summed E-state index contributed by atoms with van der Waals surface area (Å²) in [7, 11) is 0. The van der Waals surface area contributed by atoms with Gasteiger partial charge in [0, 0.05) is 5.88 Å². The smallest absolute Gasteiger partial charge is 0.262 e. The van der Waals surface area contributed by atoms with Gasteiger partial charge in [-0.3, -0.25) is 9.36 Å². The first-order chi connectivity index (χ1) is 8.63. The zero-order valence-corrected chi connectivity index (χ0v) is 11.4. The molecule has 1 heterocycles. The van der Waals surface area contributed by atoms with E-state index in [0.29, 0.717) is 17.9 Å². The van der Waals surface area contributed by atoms with Crippen molar-refractivity contribution in [3.05, 3.63) is 57.2 Å². The van der Waals surface area contributed by atoms with Crippen LogP contribution in [0.3, 0.4) is 0 Å². The monoisotopic (exact) mass is 282 g/mol. The van der Waals surface area contributed by atoms with Crippen molar-refractivity contribution in [2.75, 3.05) is 5.88 Å². The molecule has 3 nitrogen and oxygen atoms in total. The van der Waals surface area contributed by atoms with Crippen LogP contribution in [0, 0.1) is 6.92 Å². The van der Waals surface area contributed by atoms with E-state index in [0.717, 1.165) is 11.3 Å². The van der Waals surface area contributed by atoms with Crippen molar-refractivity contribution in [2.24, 2.45) is 0 Å². The molecule has 1 aromatic heterocycles. The lowest BCUT2D eigenvalue weighted by Gasteiger charge is -2.08. The van der Waals surface area contributed by atoms with E-state index in [1.54, 1.807) is 0 Å². The Morgan fingerprint density at radius 3 is 2.83 bits per heavy atom. The van der Waals surface area contributed by atoms with Gasteiger partial charge < -0.3 is 0 Å². The molecular formula is C13H12Cl2N2O. The number of halogens is 2. The van der Waals surface area contributed by atoms with E-state index in [-0.39, 0.29) is 10.7 Å². The fraction of sp³-hybridized carbons (Fsp3) is 0.231. The Morgan fingerprint density at radius 2 is 2.17 bits per heavy atom. The average molecular weight is 283 g/mol. The maximum Gasteiger partial charge on any atom is 0.262 e. The van der Waals surface area contributed by atoms with Gasteiger partial charge in [0.05, 0.1) is 11.3 Å². The second-order valence-electron chi connectivity index (χ2n) is 3.97. The topological polar surface area (TPSA) is 34.9 Å². The zero-order valence-electron chi connectivity index (χ0n) is 9.86. The zero-order chi connectivity index (χ0) is 13.1. The lowest BCUT2D eigenvalue weighted by molar-refractivity contribution is 0.891. The van der Waals surface area contributed by atoms with E-state index < -0.39 is 0 Å². The van der Waals surface area contributed by atoms with Gasteiger partial charge in [-0.25, -0.2) is 4.98 Å². The lowest BCUT2D eigenvalue weighted by atomic mass is 10.2. The van der Waals surface area contributed by atoms with Crippen LogP contribution in [0.25, 0.3) is 5.69 Å². The maximum absolute atomic E-state index is 12.3. The number of rotatable bonds is 3. The summed E-state index contributed by atoms with van der Waals surface area (Å²) in [5, 5.41) is 0.226. The highest BCUT2D eigenvalue weighted by Crippen LogP contribution is 2.12. The molecule has 94 valence electrons. The van der Waals surface area contributed by atoms with Gasteiger partial charge in [0.15, 0.2) is 0 Å². The molecule has 5 heteroatoms. The van der Waals surface area contributed by atoms with E-state index in [9.17, 15) is 4.79 Å². The van der Waals surface area contributed by atoms with Gasteiger partial charge in [0.2, 0.25) is 0 Å². The molecule has 0 amide bonds. The number of aromatic nitrogens is 2. The van der Waals surface area contributed by atoms with Crippen LogP contribution in [-0.2, 0) is 6.42 Å². The number of hydrogen-bond acceptors (Lipinski definition) is 2. The van der Waals surface area contributed by atoms with Gasteiger partial charge in [-0.1, -0.05) is 23.7 Å². The van der Waals surface area contributed by atoms with Crippen LogP contribution in [0.2, 0.25) is 5.15 Å². The van der Waals surface area contributed by atoms with Gasteiger partial charge in [0.25, 0.3) is 5.56 Å². The van der Waals surface area contributed by atoms with Crippen LogP contribution >= 0.6 is 23.2 Å². The molecule has 0 aliphatic heterocycles. The van der Waals surface area contributed by atoms with Crippen molar-refractivity contribution < 1.29 is 0 Å². The fourth-order valence-corrected chi connectivity index (χ4v) is 2.15. The van der Waals surface area contributed by atoms with Gasteiger partial charge in [0.1, 0.15) is 11.5 Å². The van der Waals surface area contributed by atoms with Crippen molar-refractivity contribution in [3.63, 3.8) is 0 Å². The number of aryl methyl sites for hydroxylation is 1. The van der Waals surface area contributed by atoms with E-state index in [1.807, 2.05) is 31.2 Å². The van der Waals surface area contributed by atoms with E-state index in [2.05, 4.69) is 4.98 Å². The number of benzene rings is 1. The summed E-state index contributed by atoms with van der Waals surface area (Å²) in [5.74, 6) is 0.342. The van der Waals surface area contributed by atoms with Crippen molar-refractivity contribution in [3.8, 4) is 5.69 Å². The van der Waals surface area contributed by atoms with E-state index >= 15 is 0 Å². The molecule has 2 aromatic rings. The highest BCUT2D eigenvalue weighted by molar-refractivity contribution is 6.30. The van der Waals surface area contributed by atoms with Gasteiger partial charge in [-0.05, 0) is 31.0 Å². The molecule has 0 saturated heterocycles. The van der Waals surface area contributed by atoms with E-state index in [4.69, 9.17) is 23.2 Å². The third-order valence-electron chi connectivity index (χ3n) is 2.64. The first kappa shape index (κ1) is 13.1. The second-order valence-corrected chi connectivity index (χ2v) is 4.70. The van der Waals surface area contributed by atoms with Crippen molar-refractivity contribution in [1.82, 2.24) is 9.55 Å². The van der Waals surface area contributed by atoms with E-state index in [1.165, 1.54) is 10.9 Å². The summed E-state index contributed by atoms with van der Waals surface area (Å²) in [5.41, 5.74) is 2.14. The minimum atomic E-state index is -0.166. The summed E-state index contributed by atoms with van der Waals surface area (Å²) in [6.07, 6.45) is 1.86. The summed E-state index contributed by atoms with van der Waals surface area (Å²) in [6, 6.07) is 7.64. The summed E-state index contributed by atoms with van der Waals surface area (Å²) in [4.78, 5) is 16.3. The van der Waals surface area contributed by atoms with Crippen LogP contribution in [0.5, 0.6) is 0 Å². The Morgan fingerprint density at radius 1 is 1.39 bits per heavy atom. The fourth-order valence-electron chi connectivity index (χ4n) is 1.74. The molecule has 2 rings (SSSR count). The predicted octanol–water partition coefficient (Wildman–Crippen LogP) is 2.98. The van der Waals surface area contributed by atoms with Gasteiger partial charge in [-0.15, -0.1) is 11.6 Å². The quantitative estimate of drug-likeness (QED) is 0.641. The van der Waals surface area contributed by atoms with Crippen molar-refractivity contribution in [2.45, 2.75) is 13.3 Å². The number of nitrogens with zero attached hydrogens (tertiary/aromatic N) is 2. The standard InChI is InChI=1S/C13H12Cl2N2O/c1-9-3-2-4-10(7-9)17-8-16-12(15)11(5-6-14)13(17)18/h2-4,7-8H,5-6H2,1H3. The molecule has 0 radical (unpaired) electrons. The summed E-state index contributed by atoms with van der Waals surface area (Å²) < 4.78 is 1.49. The maximum atomic E-state index is 12.3. The molecular weight excluding hydrogens is 271 g/mol. The first-order valence-electron chi connectivity index (χ1n) is 5.52. The van der Waals surface area contributed by atoms with Crippen LogP contribution in [-0.4, -0.2) is 15.4 Å². The Bertz CT molecular complexity index is 623. The average Bonchev–Trinajstić information content (AvgIpc) is 2.34. The molecule has 0 bridgehead atoms. The molecule has 0 atom stereocenters. The normalized spacial score (nSPS) is 10.6. The molecule has 18 heavy (non-hydrogen) atoms. The summed E-state index contributed by atoms with van der Waals surface area (Å²) >= 11 is 11.6. The number of alkyl halides is 1. The van der Waals surface area contributed by atoms with Crippen LogP contribution in [0.15, 0.2) is 35.4 Å². The molecule has 0 N–H and O–H groups in total. The Kier molecular flexibility index (Phi) is 4.04. The predicted molar refractivity (Wildman–Crippen MR) is 74.0 cm³/mol. The van der Waals surface area contributed by atoms with Crippen LogP contribution in [0.1, 0.15) is 11.1 Å². The minimum Gasteiger partial charge on any atom is -0.269 e. The Labute approximate surface area is 115 Å². The minimum absolute atomic E-state index is 0.166. The largest absolute Gasteiger partial charge is 0.269 e. The highest BCUT2D eigenvalue weighted by Gasteiger charge is 2.10. The van der Waals surface area contributed by atoms with Crippen LogP contribution < -0.4 is 5.56 Å². The molecule has 0 fully saturated rings. The Balaban J connectivity index is 2.59. The molecule has 0 saturated carbocycles. The molecule has 0 unspecified atom stereocenters.